The van der Waals surface area contributed by atoms with E-state index in [2.05, 4.69) is 140 Å². The van der Waals surface area contributed by atoms with Crippen LogP contribution in [0, 0.1) is 0 Å². The minimum absolute atomic E-state index is 0.588. The lowest BCUT2D eigenvalue weighted by atomic mass is 9.94. The number of aromatic nitrogens is 3. The highest BCUT2D eigenvalue weighted by Gasteiger charge is 2.20. The number of benzene rings is 8. The van der Waals surface area contributed by atoms with Gasteiger partial charge in [-0.1, -0.05) is 152 Å². The van der Waals surface area contributed by atoms with E-state index in [0.717, 1.165) is 66.4 Å². The summed E-state index contributed by atoms with van der Waals surface area (Å²) in [5, 5.41) is 4.57. The van der Waals surface area contributed by atoms with Crippen LogP contribution in [-0.4, -0.2) is 15.0 Å². The molecular weight excluding hydrogens is 703 g/mol. The zero-order chi connectivity index (χ0) is 37.0. The predicted octanol–water partition coefficient (Wildman–Crippen LogP) is 14.1. The Morgan fingerprint density at radius 3 is 1.70 bits per heavy atom. The summed E-state index contributed by atoms with van der Waals surface area (Å²) < 4.78 is 9.19. The van der Waals surface area contributed by atoms with E-state index >= 15 is 0 Å². The number of hydrogen-bond acceptors (Lipinski definition) is 5. The molecular formula is C51H31N3OS. The normalized spacial score (nSPS) is 11.6. The van der Waals surface area contributed by atoms with Gasteiger partial charge in [0, 0.05) is 47.6 Å². The molecule has 0 amide bonds. The van der Waals surface area contributed by atoms with Crippen LogP contribution in [0.3, 0.4) is 0 Å². The molecule has 0 spiro atoms. The van der Waals surface area contributed by atoms with Crippen LogP contribution in [0.5, 0.6) is 0 Å². The fraction of sp³-hybridized carbons (Fsp3) is 0. The van der Waals surface area contributed by atoms with Crippen LogP contribution in [0.2, 0.25) is 0 Å². The second-order valence-corrected chi connectivity index (χ2v) is 15.1. The number of rotatable bonds is 6. The first-order chi connectivity index (χ1) is 27.7. The van der Waals surface area contributed by atoms with Crippen LogP contribution in [0.1, 0.15) is 0 Å². The van der Waals surface area contributed by atoms with Crippen molar-refractivity contribution in [3.05, 3.63) is 188 Å². The summed E-state index contributed by atoms with van der Waals surface area (Å²) in [6.07, 6.45) is 0. The summed E-state index contributed by atoms with van der Waals surface area (Å²) in [6.45, 7) is 0. The average molecular weight is 734 g/mol. The van der Waals surface area contributed by atoms with E-state index in [-0.39, 0.29) is 0 Å². The Hall–Kier alpha value is -7.21. The first-order valence-corrected chi connectivity index (χ1v) is 19.5. The number of thiophene rings is 1. The van der Waals surface area contributed by atoms with Crippen LogP contribution in [-0.2, 0) is 0 Å². The third-order valence-electron chi connectivity index (χ3n) is 10.5. The molecule has 3 aromatic heterocycles. The second-order valence-electron chi connectivity index (χ2n) is 14.0. The minimum Gasteiger partial charge on any atom is -0.456 e. The van der Waals surface area contributed by atoms with Crippen molar-refractivity contribution in [1.82, 2.24) is 15.0 Å². The van der Waals surface area contributed by atoms with Gasteiger partial charge in [0.2, 0.25) is 0 Å². The Morgan fingerprint density at radius 2 is 0.893 bits per heavy atom. The maximum atomic E-state index is 6.60. The van der Waals surface area contributed by atoms with Crippen LogP contribution < -0.4 is 0 Å². The molecule has 8 aromatic carbocycles. The fourth-order valence-corrected chi connectivity index (χ4v) is 9.00. The molecule has 262 valence electrons. The molecule has 0 N–H and O–H groups in total. The van der Waals surface area contributed by atoms with Gasteiger partial charge in [0.05, 0.1) is 0 Å². The van der Waals surface area contributed by atoms with Gasteiger partial charge in [-0.3, -0.25) is 0 Å². The van der Waals surface area contributed by atoms with Crippen molar-refractivity contribution in [2.24, 2.45) is 0 Å². The highest BCUT2D eigenvalue weighted by Crippen LogP contribution is 2.43. The lowest BCUT2D eigenvalue weighted by Gasteiger charge is -2.12. The van der Waals surface area contributed by atoms with Crippen molar-refractivity contribution >= 4 is 53.4 Å². The van der Waals surface area contributed by atoms with E-state index in [1.165, 1.54) is 25.7 Å². The van der Waals surface area contributed by atoms with Gasteiger partial charge in [-0.05, 0) is 69.8 Å². The van der Waals surface area contributed by atoms with E-state index in [1.54, 1.807) is 0 Å². The van der Waals surface area contributed by atoms with E-state index in [4.69, 9.17) is 19.4 Å². The average Bonchev–Trinajstić information content (AvgIpc) is 3.85. The Kier molecular flexibility index (Phi) is 7.64. The van der Waals surface area contributed by atoms with Crippen molar-refractivity contribution in [3.63, 3.8) is 0 Å². The minimum atomic E-state index is 0.588. The van der Waals surface area contributed by atoms with Crippen LogP contribution in [0.4, 0.5) is 0 Å². The molecule has 0 saturated heterocycles. The number of para-hydroxylation sites is 1. The molecule has 0 atom stereocenters. The Morgan fingerprint density at radius 1 is 0.321 bits per heavy atom. The molecule has 0 bridgehead atoms. The van der Waals surface area contributed by atoms with Gasteiger partial charge >= 0.3 is 0 Å². The van der Waals surface area contributed by atoms with E-state index < -0.39 is 0 Å². The Balaban J connectivity index is 1.11. The van der Waals surface area contributed by atoms with Gasteiger partial charge in [-0.15, -0.1) is 11.3 Å². The van der Waals surface area contributed by atoms with Crippen molar-refractivity contribution in [2.75, 3.05) is 0 Å². The lowest BCUT2D eigenvalue weighted by molar-refractivity contribution is 0.669. The summed E-state index contributed by atoms with van der Waals surface area (Å²) in [7, 11) is 0. The molecule has 0 saturated carbocycles. The highest BCUT2D eigenvalue weighted by molar-refractivity contribution is 7.25. The topological polar surface area (TPSA) is 51.8 Å². The summed E-state index contributed by atoms with van der Waals surface area (Å²) in [4.78, 5) is 15.5. The number of fused-ring (bicyclic) bond motifs is 6. The van der Waals surface area contributed by atoms with Crippen molar-refractivity contribution in [3.8, 4) is 67.5 Å². The molecule has 0 fully saturated rings. The van der Waals surface area contributed by atoms with Gasteiger partial charge in [0.25, 0.3) is 0 Å². The number of furan rings is 1. The van der Waals surface area contributed by atoms with Crippen LogP contribution in [0.25, 0.3) is 110 Å². The Bertz CT molecular complexity index is 3240. The zero-order valence-corrected chi connectivity index (χ0v) is 30.9. The van der Waals surface area contributed by atoms with Crippen LogP contribution >= 0.6 is 11.3 Å². The van der Waals surface area contributed by atoms with Gasteiger partial charge in [0.15, 0.2) is 17.5 Å². The van der Waals surface area contributed by atoms with Crippen molar-refractivity contribution < 1.29 is 4.42 Å². The van der Waals surface area contributed by atoms with E-state index in [9.17, 15) is 0 Å². The summed E-state index contributed by atoms with van der Waals surface area (Å²) in [5.74, 6) is 1.81. The third kappa shape index (κ3) is 5.56. The maximum Gasteiger partial charge on any atom is 0.164 e. The first kappa shape index (κ1) is 32.2. The molecule has 5 heteroatoms. The molecule has 0 aliphatic carbocycles. The summed E-state index contributed by atoms with van der Waals surface area (Å²) >= 11 is 1.84. The number of hydrogen-bond donors (Lipinski definition) is 0. The second kappa shape index (κ2) is 13.3. The molecule has 0 radical (unpaired) electrons. The van der Waals surface area contributed by atoms with E-state index in [1.807, 2.05) is 59.9 Å². The quantitative estimate of drug-likeness (QED) is 0.171. The molecule has 0 aliphatic rings. The largest absolute Gasteiger partial charge is 0.456 e. The van der Waals surface area contributed by atoms with Crippen LogP contribution in [0.15, 0.2) is 192 Å². The third-order valence-corrected chi connectivity index (χ3v) is 11.7. The Labute approximate surface area is 327 Å². The standard InChI is InChI=1S/C51H31N3OS/c1-3-13-32(14-4-1)33-25-27-35(28-26-33)50-52-49(34-15-5-2-6-16-34)53-51(54-50)42-30-38(31-44-47(42)40-19-7-9-22-43(40)55-44)36-17-11-18-37(29-36)39-21-12-24-46-48(39)41-20-8-10-23-45(41)56-46/h1-31H. The van der Waals surface area contributed by atoms with Gasteiger partial charge < -0.3 is 4.42 Å². The molecule has 11 aromatic rings. The molecule has 0 unspecified atom stereocenters. The summed E-state index contributed by atoms with van der Waals surface area (Å²) in [6, 6.07) is 65.7. The molecule has 0 aliphatic heterocycles. The monoisotopic (exact) mass is 733 g/mol. The van der Waals surface area contributed by atoms with Crippen molar-refractivity contribution in [1.29, 1.82) is 0 Å². The molecule has 4 nitrogen and oxygen atoms in total. The molecule has 56 heavy (non-hydrogen) atoms. The molecule has 11 rings (SSSR count). The summed E-state index contributed by atoms with van der Waals surface area (Å²) in [5.41, 5.74) is 11.1. The van der Waals surface area contributed by atoms with E-state index in [0.29, 0.717) is 17.5 Å². The zero-order valence-electron chi connectivity index (χ0n) is 30.1. The number of nitrogens with zero attached hydrogens (tertiary/aromatic N) is 3. The highest BCUT2D eigenvalue weighted by atomic mass is 32.1. The smallest absolute Gasteiger partial charge is 0.164 e. The lowest BCUT2D eigenvalue weighted by Crippen LogP contribution is -2.00. The van der Waals surface area contributed by atoms with Crippen molar-refractivity contribution in [2.45, 2.75) is 0 Å². The fourth-order valence-electron chi connectivity index (χ4n) is 7.86. The predicted molar refractivity (Wildman–Crippen MR) is 233 cm³/mol. The van der Waals surface area contributed by atoms with Gasteiger partial charge in [-0.2, -0.15) is 0 Å². The van der Waals surface area contributed by atoms with Gasteiger partial charge in [0.1, 0.15) is 11.2 Å². The van der Waals surface area contributed by atoms with Gasteiger partial charge in [-0.25, -0.2) is 15.0 Å². The maximum absolute atomic E-state index is 6.60. The first-order valence-electron chi connectivity index (χ1n) is 18.7. The molecule has 3 heterocycles. The SMILES string of the molecule is c1ccc(-c2ccc(-c3nc(-c4ccccc4)nc(-c4cc(-c5cccc(-c6cccc7sc8ccccc8c67)c5)cc5oc6ccccc6c45)n3)cc2)cc1.